The van der Waals surface area contributed by atoms with Crippen molar-refractivity contribution in [2.45, 2.75) is 32.9 Å². The molecule has 0 radical (unpaired) electrons. The van der Waals surface area contributed by atoms with Crippen LogP contribution in [0.15, 0.2) is 24.3 Å². The topological polar surface area (TPSA) is 139 Å². The van der Waals surface area contributed by atoms with Gasteiger partial charge in [-0.05, 0) is 18.9 Å². The van der Waals surface area contributed by atoms with E-state index in [9.17, 15) is 24.5 Å². The summed E-state index contributed by atoms with van der Waals surface area (Å²) in [5.74, 6) is -2.82. The summed E-state index contributed by atoms with van der Waals surface area (Å²) in [6.45, 7) is 4.68. The highest BCUT2D eigenvalue weighted by molar-refractivity contribution is 5.98. The maximum Gasteiger partial charge on any atom is 0.326 e. The molecule has 1 aromatic carbocycles. The number of amides is 2. The van der Waals surface area contributed by atoms with E-state index in [1.165, 1.54) is 25.1 Å². The third-order valence-corrected chi connectivity index (χ3v) is 3.29. The largest absolute Gasteiger partial charge is 0.480 e. The molecule has 0 aromatic heterocycles. The molecule has 0 bridgehead atoms. The predicted octanol–water partition coefficient (Wildman–Crippen LogP) is 0.938. The van der Waals surface area contributed by atoms with Crippen LogP contribution in [0.1, 0.15) is 31.1 Å². The Morgan fingerprint density at radius 3 is 2.29 bits per heavy atom. The van der Waals surface area contributed by atoms with Crippen LogP contribution < -0.4 is 10.6 Å². The molecule has 1 aromatic rings. The standard InChI is InChI=1S/C15H19N3O6/c1-8(2)12(15(21)22)17-13(19)9(3)16-14(20)10-5-4-6-11(7-10)18(23)24/h4-9,12H,1-3H3,(H,16,20)(H,17,19)(H,21,22). The normalized spacial score (nSPS) is 13.0. The third kappa shape index (κ3) is 5.04. The molecule has 0 spiro atoms. The number of carboxylic acid groups (broad SMARTS) is 1. The molecular weight excluding hydrogens is 318 g/mol. The molecule has 0 fully saturated rings. The van der Waals surface area contributed by atoms with Gasteiger partial charge in [-0.1, -0.05) is 19.9 Å². The summed E-state index contributed by atoms with van der Waals surface area (Å²) >= 11 is 0. The Bertz CT molecular complexity index is 658. The van der Waals surface area contributed by atoms with Crippen molar-refractivity contribution in [3.63, 3.8) is 0 Å². The number of non-ortho nitro benzene ring substituents is 1. The number of nitrogens with one attached hydrogen (secondary N) is 2. The zero-order chi connectivity index (χ0) is 18.4. The molecule has 2 atom stereocenters. The van der Waals surface area contributed by atoms with Crippen LogP contribution in [0.3, 0.4) is 0 Å². The number of hydrogen-bond donors (Lipinski definition) is 3. The smallest absolute Gasteiger partial charge is 0.326 e. The van der Waals surface area contributed by atoms with Crippen LogP contribution in [0.4, 0.5) is 5.69 Å². The number of nitro groups is 1. The fourth-order valence-corrected chi connectivity index (χ4v) is 1.90. The highest BCUT2D eigenvalue weighted by Crippen LogP contribution is 2.13. The lowest BCUT2D eigenvalue weighted by molar-refractivity contribution is -0.384. The van der Waals surface area contributed by atoms with Crippen molar-refractivity contribution in [2.75, 3.05) is 0 Å². The molecule has 24 heavy (non-hydrogen) atoms. The third-order valence-electron chi connectivity index (χ3n) is 3.29. The fraction of sp³-hybridized carbons (Fsp3) is 0.400. The van der Waals surface area contributed by atoms with Crippen molar-refractivity contribution in [3.8, 4) is 0 Å². The van der Waals surface area contributed by atoms with Gasteiger partial charge in [-0.2, -0.15) is 0 Å². The monoisotopic (exact) mass is 337 g/mol. The number of carboxylic acids is 1. The van der Waals surface area contributed by atoms with Crippen molar-refractivity contribution < 1.29 is 24.4 Å². The van der Waals surface area contributed by atoms with Crippen molar-refractivity contribution in [1.82, 2.24) is 10.6 Å². The maximum absolute atomic E-state index is 12.1. The molecule has 3 N–H and O–H groups in total. The first-order valence-electron chi connectivity index (χ1n) is 7.22. The summed E-state index contributed by atoms with van der Waals surface area (Å²) in [6, 6.07) is 2.99. The van der Waals surface area contributed by atoms with Crippen LogP contribution >= 0.6 is 0 Å². The van der Waals surface area contributed by atoms with Crippen LogP contribution in [0.2, 0.25) is 0 Å². The van der Waals surface area contributed by atoms with Gasteiger partial charge in [-0.3, -0.25) is 19.7 Å². The second-order valence-corrected chi connectivity index (χ2v) is 5.57. The van der Waals surface area contributed by atoms with Gasteiger partial charge in [0.15, 0.2) is 0 Å². The van der Waals surface area contributed by atoms with Crippen LogP contribution in [0.25, 0.3) is 0 Å². The van der Waals surface area contributed by atoms with E-state index in [1.54, 1.807) is 13.8 Å². The molecular formula is C15H19N3O6. The highest BCUT2D eigenvalue weighted by atomic mass is 16.6. The number of carbonyl (C=O) groups is 3. The molecule has 0 aliphatic carbocycles. The van der Waals surface area contributed by atoms with Gasteiger partial charge in [0.1, 0.15) is 12.1 Å². The van der Waals surface area contributed by atoms with Crippen LogP contribution in [-0.2, 0) is 9.59 Å². The molecule has 0 aliphatic rings. The first-order chi connectivity index (χ1) is 11.1. The van der Waals surface area contributed by atoms with Gasteiger partial charge in [0.05, 0.1) is 4.92 Å². The molecule has 9 nitrogen and oxygen atoms in total. The number of nitrogens with zero attached hydrogens (tertiary/aromatic N) is 1. The zero-order valence-corrected chi connectivity index (χ0v) is 13.5. The Labute approximate surface area is 138 Å². The van der Waals surface area contributed by atoms with Gasteiger partial charge in [0, 0.05) is 17.7 Å². The second-order valence-electron chi connectivity index (χ2n) is 5.57. The average Bonchev–Trinajstić information content (AvgIpc) is 2.51. The molecule has 0 saturated heterocycles. The molecule has 2 unspecified atom stereocenters. The zero-order valence-electron chi connectivity index (χ0n) is 13.5. The van der Waals surface area contributed by atoms with Gasteiger partial charge in [-0.25, -0.2) is 4.79 Å². The number of benzene rings is 1. The lowest BCUT2D eigenvalue weighted by Crippen LogP contribution is -2.52. The minimum atomic E-state index is -1.17. The van der Waals surface area contributed by atoms with Crippen molar-refractivity contribution >= 4 is 23.5 Å². The van der Waals surface area contributed by atoms with Crippen molar-refractivity contribution in [2.24, 2.45) is 5.92 Å². The fourth-order valence-electron chi connectivity index (χ4n) is 1.90. The van der Waals surface area contributed by atoms with E-state index < -0.39 is 34.8 Å². The summed E-state index contributed by atoms with van der Waals surface area (Å²) in [6.07, 6.45) is 0. The number of rotatable bonds is 7. The van der Waals surface area contributed by atoms with E-state index >= 15 is 0 Å². The number of carbonyl (C=O) groups excluding carboxylic acids is 2. The Morgan fingerprint density at radius 1 is 1.17 bits per heavy atom. The van der Waals surface area contributed by atoms with Crippen LogP contribution in [0.5, 0.6) is 0 Å². The minimum Gasteiger partial charge on any atom is -0.480 e. The molecule has 9 heteroatoms. The van der Waals surface area contributed by atoms with Gasteiger partial charge in [0.2, 0.25) is 5.91 Å². The molecule has 0 heterocycles. The molecule has 0 aliphatic heterocycles. The van der Waals surface area contributed by atoms with E-state index in [0.29, 0.717) is 0 Å². The number of aliphatic carboxylic acids is 1. The van der Waals surface area contributed by atoms with E-state index in [-0.39, 0.29) is 17.2 Å². The SMILES string of the molecule is CC(NC(=O)c1cccc([N+](=O)[O-])c1)C(=O)NC(C(=O)O)C(C)C. The molecule has 0 saturated carbocycles. The number of hydrogen-bond acceptors (Lipinski definition) is 5. The first-order valence-corrected chi connectivity index (χ1v) is 7.22. The van der Waals surface area contributed by atoms with Gasteiger partial charge in [0.25, 0.3) is 11.6 Å². The average molecular weight is 337 g/mol. The van der Waals surface area contributed by atoms with Gasteiger partial charge >= 0.3 is 5.97 Å². The molecule has 2 amide bonds. The predicted molar refractivity (Wildman–Crippen MR) is 84.4 cm³/mol. The summed E-state index contributed by atoms with van der Waals surface area (Å²) < 4.78 is 0. The molecule has 1 rings (SSSR count). The Morgan fingerprint density at radius 2 is 1.79 bits per heavy atom. The Kier molecular flexibility index (Phi) is 6.39. The van der Waals surface area contributed by atoms with Gasteiger partial charge < -0.3 is 15.7 Å². The van der Waals surface area contributed by atoms with Crippen LogP contribution in [0, 0.1) is 16.0 Å². The highest BCUT2D eigenvalue weighted by Gasteiger charge is 2.26. The minimum absolute atomic E-state index is 0.0301. The summed E-state index contributed by atoms with van der Waals surface area (Å²) in [5.41, 5.74) is -0.215. The van der Waals surface area contributed by atoms with Gasteiger partial charge in [-0.15, -0.1) is 0 Å². The Hall–Kier alpha value is -2.97. The van der Waals surface area contributed by atoms with Crippen molar-refractivity contribution in [1.29, 1.82) is 0 Å². The van der Waals surface area contributed by atoms with E-state index in [2.05, 4.69) is 10.6 Å². The summed E-state index contributed by atoms with van der Waals surface area (Å²) in [4.78, 5) is 45.2. The summed E-state index contributed by atoms with van der Waals surface area (Å²) in [7, 11) is 0. The maximum atomic E-state index is 12.1. The van der Waals surface area contributed by atoms with Crippen LogP contribution in [-0.4, -0.2) is 39.9 Å². The molecule has 130 valence electrons. The van der Waals surface area contributed by atoms with E-state index in [1.807, 2.05) is 0 Å². The lowest BCUT2D eigenvalue weighted by atomic mass is 10.0. The quantitative estimate of drug-likeness (QED) is 0.500. The lowest BCUT2D eigenvalue weighted by Gasteiger charge is -2.21. The number of nitro benzene ring substituents is 1. The summed E-state index contributed by atoms with van der Waals surface area (Å²) in [5, 5.41) is 24.5. The van der Waals surface area contributed by atoms with E-state index in [0.717, 1.165) is 6.07 Å². The Balaban J connectivity index is 2.76. The first kappa shape index (κ1) is 19.1. The van der Waals surface area contributed by atoms with E-state index in [4.69, 9.17) is 5.11 Å². The van der Waals surface area contributed by atoms with Crippen molar-refractivity contribution in [3.05, 3.63) is 39.9 Å². The second kappa shape index (κ2) is 8.04.